The summed E-state index contributed by atoms with van der Waals surface area (Å²) in [4.78, 5) is 0. The summed E-state index contributed by atoms with van der Waals surface area (Å²) in [5, 5.41) is 35.9. The molecule has 0 unspecified atom stereocenters. The molecule has 0 radical (unpaired) electrons. The van der Waals surface area contributed by atoms with Crippen molar-refractivity contribution in [1.29, 1.82) is 0 Å². The van der Waals surface area contributed by atoms with Crippen LogP contribution in [0.5, 0.6) is 0 Å². The van der Waals surface area contributed by atoms with Crippen LogP contribution in [0.2, 0.25) is 0 Å². The maximum atomic E-state index is 2.43. The molecule has 0 fully saturated rings. The lowest BCUT2D eigenvalue weighted by molar-refractivity contribution is 1.61. The average Bonchev–Trinajstić information content (AvgIpc) is 0.719. The third kappa shape index (κ3) is 10.1. The van der Waals surface area contributed by atoms with E-state index in [1.807, 2.05) is 0 Å². The molecule has 0 heteroatoms. The molecule has 0 nitrogen and oxygen atoms in total. The Kier molecular flexibility index (Phi) is 14.5. The van der Waals surface area contributed by atoms with Crippen LogP contribution >= 0.6 is 0 Å². The maximum absolute atomic E-state index is 2.43. The second-order valence-electron chi connectivity index (χ2n) is 30.4. The highest BCUT2D eigenvalue weighted by Gasteiger charge is 2.25. The molecule has 0 saturated carbocycles. The van der Waals surface area contributed by atoms with Gasteiger partial charge in [-0.3, -0.25) is 0 Å². The van der Waals surface area contributed by atoms with E-state index in [2.05, 4.69) is 413 Å². The lowest BCUT2D eigenvalue weighted by Gasteiger charge is -2.21. The highest BCUT2D eigenvalue weighted by atomic mass is 14.3. The number of rotatable bonds is 8. The molecule has 0 saturated heterocycles. The summed E-state index contributed by atoms with van der Waals surface area (Å²) in [6.07, 6.45) is 0. The van der Waals surface area contributed by atoms with Gasteiger partial charge in [0.15, 0.2) is 0 Å². The van der Waals surface area contributed by atoms with Crippen LogP contribution in [0.4, 0.5) is 0 Å². The zero-order chi connectivity index (χ0) is 73.5. The summed E-state index contributed by atoms with van der Waals surface area (Å²) >= 11 is 0. The van der Waals surface area contributed by atoms with Crippen molar-refractivity contribution in [2.24, 2.45) is 0 Å². The van der Waals surface area contributed by atoms with E-state index in [4.69, 9.17) is 0 Å². The number of benzene rings is 24. The van der Waals surface area contributed by atoms with E-state index in [0.717, 1.165) is 0 Å². The molecule has 24 aromatic rings. The molecular weight excluding hydrogens is 1350 g/mol. The van der Waals surface area contributed by atoms with Crippen LogP contribution in [-0.4, -0.2) is 0 Å². The standard InChI is InChI=1S/2C56H34/c1-3-16-43-36(11-1)13-10-22-44(43)37-25-23-35(24-26-37)42-33-41-12-2-4-17-45(41)52(34-42)56-48-20-7-5-18-46(48)55(47-19-6-8-21-49(47)56)51-32-30-40-28-27-38-14-9-15-39-29-31-50(51)54(40)53(38)39;1-2-11-41-32-42(27-24-35(41)10-1)36-20-22-37(23-21-36)44-33-43-12-3-4-15-45(43)52(34-44)56-48-18-7-5-16-46(48)55(47-17-6-8-19-49(47)56)51-31-29-40-26-25-38-13-9-14-39-28-30-50(51)54(40)53(38)39/h2*1-34H. The van der Waals surface area contributed by atoms with E-state index in [1.165, 1.54) is 240 Å². The van der Waals surface area contributed by atoms with Crippen molar-refractivity contribution in [3.8, 4) is 89.0 Å². The van der Waals surface area contributed by atoms with Crippen molar-refractivity contribution in [3.63, 3.8) is 0 Å². The van der Waals surface area contributed by atoms with Crippen LogP contribution in [0.15, 0.2) is 413 Å². The van der Waals surface area contributed by atoms with E-state index in [0.29, 0.717) is 0 Å². The SMILES string of the molecule is c1ccc2c(-c3ccc(-c4cc(-c5c6ccccc6c(-c6ccc7ccc8cccc9ccc6c7c89)c6ccccc56)c5ccccc5c4)cc3)cccc2c1.c1ccc2cc(-c3ccc(-c4cc(-c5c6ccccc6c(-c6ccc7ccc8cccc9ccc6c7c89)c6ccccc56)c5ccccc5c4)cc3)ccc2c1. The predicted octanol–water partition coefficient (Wildman–Crippen LogP) is 31.7. The Morgan fingerprint density at radius 1 is 0.0982 bits per heavy atom. The van der Waals surface area contributed by atoms with E-state index in [1.54, 1.807) is 0 Å². The summed E-state index contributed by atoms with van der Waals surface area (Å²) in [6, 6.07) is 153. The Balaban J connectivity index is 0.000000134. The van der Waals surface area contributed by atoms with Crippen LogP contribution in [0.25, 0.3) is 240 Å². The fourth-order valence-electron chi connectivity index (χ4n) is 19.2. The fraction of sp³-hybridized carbons (Fsp3) is 0. The van der Waals surface area contributed by atoms with Gasteiger partial charge in [-0.05, 0) is 270 Å². The van der Waals surface area contributed by atoms with Gasteiger partial charge in [-0.25, -0.2) is 0 Å². The van der Waals surface area contributed by atoms with Crippen molar-refractivity contribution < 1.29 is 0 Å². The monoisotopic (exact) mass is 1410 g/mol. The highest BCUT2D eigenvalue weighted by molar-refractivity contribution is 6.33. The van der Waals surface area contributed by atoms with E-state index < -0.39 is 0 Å². The maximum Gasteiger partial charge on any atom is -0.00199 e. The van der Waals surface area contributed by atoms with Crippen molar-refractivity contribution in [2.75, 3.05) is 0 Å². The normalized spacial score (nSPS) is 11.9. The lowest BCUT2D eigenvalue weighted by Crippen LogP contribution is -1.93. The number of hydrogen-bond acceptors (Lipinski definition) is 0. The Morgan fingerprint density at radius 2 is 0.357 bits per heavy atom. The Labute approximate surface area is 647 Å². The quantitative estimate of drug-likeness (QED) is 0.105. The Morgan fingerprint density at radius 3 is 0.777 bits per heavy atom. The van der Waals surface area contributed by atoms with Gasteiger partial charge in [0.25, 0.3) is 0 Å². The third-order valence-corrected chi connectivity index (χ3v) is 24.3. The smallest absolute Gasteiger partial charge is 0.00199 e. The highest BCUT2D eigenvalue weighted by Crippen LogP contribution is 2.52. The van der Waals surface area contributed by atoms with Crippen LogP contribution in [0, 0.1) is 0 Å². The van der Waals surface area contributed by atoms with Crippen LogP contribution in [0.1, 0.15) is 0 Å². The van der Waals surface area contributed by atoms with Gasteiger partial charge < -0.3 is 0 Å². The molecule has 24 aromatic carbocycles. The van der Waals surface area contributed by atoms with Crippen molar-refractivity contribution >= 4 is 151 Å². The molecule has 0 N–H and O–H groups in total. The second-order valence-corrected chi connectivity index (χ2v) is 30.4. The molecule has 516 valence electrons. The van der Waals surface area contributed by atoms with Gasteiger partial charge >= 0.3 is 0 Å². The molecule has 0 aromatic heterocycles. The molecule has 0 aliphatic heterocycles. The van der Waals surface area contributed by atoms with E-state index in [9.17, 15) is 0 Å². The van der Waals surface area contributed by atoms with Gasteiger partial charge in [-0.1, -0.05) is 382 Å². The van der Waals surface area contributed by atoms with Crippen molar-refractivity contribution in [2.45, 2.75) is 0 Å². The Bertz CT molecular complexity index is 7820. The summed E-state index contributed by atoms with van der Waals surface area (Å²) in [5.41, 5.74) is 20.0. The molecule has 0 aliphatic carbocycles. The molecule has 112 heavy (non-hydrogen) atoms. The van der Waals surface area contributed by atoms with Gasteiger partial charge in [0.05, 0.1) is 0 Å². The minimum atomic E-state index is 1.21. The Hall–Kier alpha value is -14.6. The first kappa shape index (κ1) is 63.5. The van der Waals surface area contributed by atoms with E-state index >= 15 is 0 Å². The van der Waals surface area contributed by atoms with Gasteiger partial charge in [0.1, 0.15) is 0 Å². The molecular formula is C112H68. The molecule has 0 amide bonds. The zero-order valence-electron chi connectivity index (χ0n) is 61.3. The topological polar surface area (TPSA) is 0 Å². The van der Waals surface area contributed by atoms with Gasteiger partial charge in [-0.15, -0.1) is 0 Å². The minimum absolute atomic E-state index is 1.21. The van der Waals surface area contributed by atoms with Gasteiger partial charge in [0.2, 0.25) is 0 Å². The summed E-state index contributed by atoms with van der Waals surface area (Å²) in [6.45, 7) is 0. The molecule has 24 rings (SSSR count). The molecule has 0 spiro atoms. The third-order valence-electron chi connectivity index (χ3n) is 24.3. The van der Waals surface area contributed by atoms with Crippen molar-refractivity contribution in [1.82, 2.24) is 0 Å². The number of fused-ring (bicyclic) bond motifs is 8. The summed E-state index contributed by atoms with van der Waals surface area (Å²) in [7, 11) is 0. The summed E-state index contributed by atoms with van der Waals surface area (Å²) in [5.74, 6) is 0. The lowest BCUT2D eigenvalue weighted by atomic mass is 9.82. The van der Waals surface area contributed by atoms with Crippen molar-refractivity contribution in [3.05, 3.63) is 413 Å². The predicted molar refractivity (Wildman–Crippen MR) is 484 cm³/mol. The zero-order valence-corrected chi connectivity index (χ0v) is 61.3. The second kappa shape index (κ2) is 25.5. The molecule has 0 bridgehead atoms. The largest absolute Gasteiger partial charge is 0.0616 e. The number of hydrogen-bond donors (Lipinski definition) is 0. The summed E-state index contributed by atoms with van der Waals surface area (Å²) < 4.78 is 0. The van der Waals surface area contributed by atoms with Gasteiger partial charge in [-0.2, -0.15) is 0 Å². The molecule has 0 heterocycles. The first-order valence-corrected chi connectivity index (χ1v) is 39.0. The first-order chi connectivity index (χ1) is 55.5. The van der Waals surface area contributed by atoms with E-state index in [-0.39, 0.29) is 0 Å². The minimum Gasteiger partial charge on any atom is -0.0616 e. The van der Waals surface area contributed by atoms with Crippen LogP contribution < -0.4 is 0 Å². The average molecular weight is 1410 g/mol. The van der Waals surface area contributed by atoms with Crippen LogP contribution in [-0.2, 0) is 0 Å². The van der Waals surface area contributed by atoms with Crippen LogP contribution in [0.3, 0.4) is 0 Å². The molecule has 0 aliphatic rings. The molecule has 0 atom stereocenters. The first-order valence-electron chi connectivity index (χ1n) is 39.0. The fourth-order valence-corrected chi connectivity index (χ4v) is 19.2. The van der Waals surface area contributed by atoms with Gasteiger partial charge in [0, 0.05) is 0 Å².